The van der Waals surface area contributed by atoms with Crippen LogP contribution in [0.4, 0.5) is 5.69 Å². The average Bonchev–Trinajstić information content (AvgIpc) is 3.09. The molecular weight excluding hydrogens is 440 g/mol. The van der Waals surface area contributed by atoms with Crippen LogP contribution in [0.2, 0.25) is 0 Å². The Morgan fingerprint density at radius 1 is 0.939 bits per heavy atom. The summed E-state index contributed by atoms with van der Waals surface area (Å²) in [6.45, 7) is -0.448. The number of nitrogens with zero attached hydrogens (tertiary/aromatic N) is 1. The summed E-state index contributed by atoms with van der Waals surface area (Å²) in [5.74, 6) is -1.05. The molecule has 0 saturated carbocycles. The molecule has 0 amide bonds. The first-order valence-corrected chi connectivity index (χ1v) is 12.0. The lowest BCUT2D eigenvalue weighted by Gasteiger charge is -2.09. The number of Topliss-reactive ketones (excluding diaryl/α,β-unsaturated/α-hetero) is 1. The summed E-state index contributed by atoms with van der Waals surface area (Å²) in [5.41, 5.74) is 3.38. The first kappa shape index (κ1) is 22.3. The van der Waals surface area contributed by atoms with Gasteiger partial charge in [-0.25, -0.2) is 13.2 Å². The van der Waals surface area contributed by atoms with Crippen molar-refractivity contribution in [2.45, 2.75) is 0 Å². The summed E-state index contributed by atoms with van der Waals surface area (Å²) in [6.07, 6.45) is 1.02. The molecule has 4 aromatic rings. The van der Waals surface area contributed by atoms with Crippen LogP contribution in [-0.2, 0) is 21.8 Å². The number of ketones is 1. The molecule has 0 unspecified atom stereocenters. The molecule has 33 heavy (non-hydrogen) atoms. The number of hydrogen-bond donors (Lipinski definition) is 1. The van der Waals surface area contributed by atoms with Crippen molar-refractivity contribution in [2.75, 3.05) is 17.6 Å². The van der Waals surface area contributed by atoms with Gasteiger partial charge in [-0.2, -0.15) is 0 Å². The summed E-state index contributed by atoms with van der Waals surface area (Å²) in [5, 5.41) is 0.777. The lowest BCUT2D eigenvalue weighted by Crippen LogP contribution is -2.15. The van der Waals surface area contributed by atoms with Gasteiger partial charge in [-0.3, -0.25) is 9.52 Å². The molecule has 0 aliphatic heterocycles. The molecule has 0 radical (unpaired) electrons. The minimum Gasteiger partial charge on any atom is -0.454 e. The molecule has 1 N–H and O–H groups in total. The van der Waals surface area contributed by atoms with Crippen LogP contribution in [0.15, 0.2) is 78.9 Å². The van der Waals surface area contributed by atoms with Crippen LogP contribution in [0.1, 0.15) is 20.7 Å². The van der Waals surface area contributed by atoms with Crippen molar-refractivity contribution in [3.63, 3.8) is 0 Å². The summed E-state index contributed by atoms with van der Waals surface area (Å²) in [4.78, 5) is 25.8. The largest absolute Gasteiger partial charge is 0.454 e. The zero-order valence-corrected chi connectivity index (χ0v) is 18.9. The van der Waals surface area contributed by atoms with Crippen molar-refractivity contribution >= 4 is 38.4 Å². The first-order valence-electron chi connectivity index (χ1n) is 10.2. The van der Waals surface area contributed by atoms with Gasteiger partial charge in [0, 0.05) is 23.6 Å². The van der Waals surface area contributed by atoms with Crippen molar-refractivity contribution in [2.24, 2.45) is 7.05 Å². The van der Waals surface area contributed by atoms with Crippen LogP contribution in [0, 0.1) is 0 Å². The van der Waals surface area contributed by atoms with Crippen LogP contribution in [0.3, 0.4) is 0 Å². The zero-order chi connectivity index (χ0) is 23.6. The third-order valence-corrected chi connectivity index (χ3v) is 5.78. The summed E-state index contributed by atoms with van der Waals surface area (Å²) < 4.78 is 32.4. The van der Waals surface area contributed by atoms with Gasteiger partial charge in [0.05, 0.1) is 23.1 Å². The van der Waals surface area contributed by atoms with E-state index >= 15 is 0 Å². The molecule has 0 aliphatic carbocycles. The number of ether oxygens (including phenoxy) is 1. The fraction of sp³-hybridized carbons (Fsp3) is 0.120. The summed E-state index contributed by atoms with van der Waals surface area (Å²) >= 11 is 0. The van der Waals surface area contributed by atoms with Gasteiger partial charge in [0.15, 0.2) is 6.61 Å². The lowest BCUT2D eigenvalue weighted by molar-refractivity contribution is 0.0475. The van der Waals surface area contributed by atoms with E-state index in [4.69, 9.17) is 4.74 Å². The fourth-order valence-corrected chi connectivity index (χ4v) is 4.37. The van der Waals surface area contributed by atoms with E-state index in [1.807, 2.05) is 66.2 Å². The van der Waals surface area contributed by atoms with Crippen LogP contribution in [0.5, 0.6) is 0 Å². The Bertz CT molecular complexity index is 1460. The van der Waals surface area contributed by atoms with E-state index < -0.39 is 22.6 Å². The van der Waals surface area contributed by atoms with Gasteiger partial charge < -0.3 is 9.30 Å². The Balaban J connectivity index is 1.62. The predicted molar refractivity (Wildman–Crippen MR) is 128 cm³/mol. The molecule has 0 bridgehead atoms. The standard InChI is InChI=1S/C25H22N2O5S/c1-27-21-14-7-6-13-20(21)23(24(27)17-9-4-3-5-10-17)22(28)16-32-25(29)18-11-8-12-19(15-18)26-33(2,30)31/h3-15,26H,16H2,1-2H3. The van der Waals surface area contributed by atoms with Crippen LogP contribution < -0.4 is 4.72 Å². The maximum absolute atomic E-state index is 13.3. The molecule has 3 aromatic carbocycles. The molecule has 7 nitrogen and oxygen atoms in total. The quantitative estimate of drug-likeness (QED) is 0.327. The second kappa shape index (κ2) is 8.91. The van der Waals surface area contributed by atoms with E-state index in [9.17, 15) is 18.0 Å². The normalized spacial score (nSPS) is 11.3. The molecule has 4 rings (SSSR count). The maximum Gasteiger partial charge on any atom is 0.338 e. The topological polar surface area (TPSA) is 94.5 Å². The number of sulfonamides is 1. The van der Waals surface area contributed by atoms with Gasteiger partial charge in [-0.05, 0) is 29.8 Å². The van der Waals surface area contributed by atoms with Crippen LogP contribution in [-0.4, -0.2) is 37.6 Å². The lowest BCUT2D eigenvalue weighted by atomic mass is 10.0. The number of carbonyl (C=O) groups excluding carboxylic acids is 2. The minimum absolute atomic E-state index is 0.137. The van der Waals surface area contributed by atoms with Crippen molar-refractivity contribution in [3.8, 4) is 11.3 Å². The van der Waals surface area contributed by atoms with Crippen molar-refractivity contribution in [1.29, 1.82) is 0 Å². The number of nitrogens with one attached hydrogen (secondary N) is 1. The number of aryl methyl sites for hydroxylation is 1. The number of esters is 1. The summed E-state index contributed by atoms with van der Waals surface area (Å²) in [6, 6.07) is 23.0. The highest BCUT2D eigenvalue weighted by Crippen LogP contribution is 2.33. The number of anilines is 1. The van der Waals surface area contributed by atoms with Crippen molar-refractivity contribution < 1.29 is 22.7 Å². The van der Waals surface area contributed by atoms with Crippen molar-refractivity contribution in [1.82, 2.24) is 4.57 Å². The van der Waals surface area contributed by atoms with Gasteiger partial charge in [-0.15, -0.1) is 0 Å². The van der Waals surface area contributed by atoms with E-state index in [1.54, 1.807) is 0 Å². The Morgan fingerprint density at radius 3 is 2.36 bits per heavy atom. The smallest absolute Gasteiger partial charge is 0.338 e. The van der Waals surface area contributed by atoms with Crippen LogP contribution in [0.25, 0.3) is 22.2 Å². The van der Waals surface area contributed by atoms with Gasteiger partial charge in [0.25, 0.3) is 0 Å². The average molecular weight is 463 g/mol. The van der Waals surface area contributed by atoms with E-state index in [0.29, 0.717) is 5.56 Å². The number of para-hydroxylation sites is 1. The first-order chi connectivity index (χ1) is 15.7. The van der Waals surface area contributed by atoms with Gasteiger partial charge in [-0.1, -0.05) is 54.6 Å². The molecule has 8 heteroatoms. The number of hydrogen-bond acceptors (Lipinski definition) is 5. The fourth-order valence-electron chi connectivity index (χ4n) is 3.82. The molecule has 1 aromatic heterocycles. The van der Waals surface area contributed by atoms with Gasteiger partial charge in [0.1, 0.15) is 0 Å². The number of benzene rings is 3. The maximum atomic E-state index is 13.3. The van der Waals surface area contributed by atoms with Gasteiger partial charge >= 0.3 is 5.97 Å². The minimum atomic E-state index is -3.49. The van der Waals surface area contributed by atoms with Gasteiger partial charge in [0.2, 0.25) is 15.8 Å². The second-order valence-corrected chi connectivity index (χ2v) is 9.37. The zero-order valence-electron chi connectivity index (χ0n) is 18.1. The third kappa shape index (κ3) is 4.80. The molecule has 0 spiro atoms. The Morgan fingerprint density at radius 2 is 1.64 bits per heavy atom. The molecule has 1 heterocycles. The number of carbonyl (C=O) groups is 2. The van der Waals surface area contributed by atoms with E-state index in [1.165, 1.54) is 24.3 Å². The monoisotopic (exact) mass is 462 g/mol. The van der Waals surface area contributed by atoms with Crippen LogP contribution >= 0.6 is 0 Å². The molecule has 0 fully saturated rings. The number of fused-ring (bicyclic) bond motifs is 1. The Hall–Kier alpha value is -3.91. The second-order valence-electron chi connectivity index (χ2n) is 7.62. The Kier molecular flexibility index (Phi) is 6.02. The SMILES string of the molecule is Cn1c(-c2ccccc2)c(C(=O)COC(=O)c2cccc(NS(C)(=O)=O)c2)c2ccccc21. The highest BCUT2D eigenvalue weighted by Gasteiger charge is 2.23. The summed E-state index contributed by atoms with van der Waals surface area (Å²) in [7, 11) is -1.59. The number of aromatic nitrogens is 1. The predicted octanol–water partition coefficient (Wildman–Crippen LogP) is 4.26. The Labute approximate surface area is 191 Å². The molecular formula is C25H22N2O5S. The molecule has 0 saturated heterocycles. The molecule has 0 atom stereocenters. The van der Waals surface area contributed by atoms with E-state index in [2.05, 4.69) is 4.72 Å². The van der Waals surface area contributed by atoms with E-state index in [-0.39, 0.29) is 17.0 Å². The molecule has 168 valence electrons. The third-order valence-electron chi connectivity index (χ3n) is 5.17. The highest BCUT2D eigenvalue weighted by molar-refractivity contribution is 7.92. The number of rotatable bonds is 7. The van der Waals surface area contributed by atoms with E-state index in [0.717, 1.165) is 28.4 Å². The highest BCUT2D eigenvalue weighted by atomic mass is 32.2. The van der Waals surface area contributed by atoms with Crippen molar-refractivity contribution in [3.05, 3.63) is 90.0 Å². The molecule has 0 aliphatic rings.